The summed E-state index contributed by atoms with van der Waals surface area (Å²) in [6, 6.07) is 1.83. The van der Waals surface area contributed by atoms with Crippen molar-refractivity contribution in [2.24, 2.45) is 0 Å². The summed E-state index contributed by atoms with van der Waals surface area (Å²) in [5.74, 6) is 0. The van der Waals surface area contributed by atoms with Crippen LogP contribution >= 0.6 is 34.7 Å². The van der Waals surface area contributed by atoms with Crippen molar-refractivity contribution in [3.8, 4) is 0 Å². The Morgan fingerprint density at radius 3 is 3.00 bits per heavy atom. The van der Waals surface area contributed by atoms with Crippen LogP contribution in [0.5, 0.6) is 0 Å². The first-order chi connectivity index (χ1) is 6.77. The molecule has 6 heteroatoms. The van der Waals surface area contributed by atoms with Crippen LogP contribution in [0.4, 0.5) is 0 Å². The maximum Gasteiger partial charge on any atom is 0.0986 e. The van der Waals surface area contributed by atoms with Gasteiger partial charge < -0.3 is 5.11 Å². The van der Waals surface area contributed by atoms with E-state index < -0.39 is 6.10 Å². The first-order valence-electron chi connectivity index (χ1n) is 3.95. The maximum atomic E-state index is 9.82. The van der Waals surface area contributed by atoms with Gasteiger partial charge in [-0.05, 0) is 11.4 Å². The van der Waals surface area contributed by atoms with Crippen LogP contribution < -0.4 is 0 Å². The van der Waals surface area contributed by atoms with E-state index in [1.807, 2.05) is 11.4 Å². The minimum Gasteiger partial charge on any atom is -0.388 e. The Kier molecular flexibility index (Phi) is 3.12. The summed E-state index contributed by atoms with van der Waals surface area (Å²) in [5.41, 5.74) is 1.56. The summed E-state index contributed by atoms with van der Waals surface area (Å²) in [6.07, 6.45) is 1.54. The fourth-order valence-electron chi connectivity index (χ4n) is 1.12. The molecular formula is C8H7ClN2OS2. The fourth-order valence-corrected chi connectivity index (χ4v) is 2.58. The number of aliphatic hydroxyl groups excluding tert-OH is 1. The number of aromatic nitrogens is 2. The zero-order chi connectivity index (χ0) is 9.97. The fraction of sp³-hybridized carbons (Fsp3) is 0.250. The van der Waals surface area contributed by atoms with Gasteiger partial charge in [0.05, 0.1) is 34.1 Å². The van der Waals surface area contributed by atoms with Crippen molar-refractivity contribution in [2.45, 2.75) is 12.5 Å². The summed E-state index contributed by atoms with van der Waals surface area (Å²) in [5, 5.41) is 11.7. The van der Waals surface area contributed by atoms with Gasteiger partial charge in [0.15, 0.2) is 0 Å². The zero-order valence-corrected chi connectivity index (χ0v) is 9.44. The van der Waals surface area contributed by atoms with Crippen LogP contribution in [-0.4, -0.2) is 13.9 Å². The molecule has 1 N–H and O–H groups in total. The van der Waals surface area contributed by atoms with Gasteiger partial charge in [0, 0.05) is 12.0 Å². The van der Waals surface area contributed by atoms with Crippen LogP contribution in [-0.2, 0) is 6.42 Å². The molecule has 2 rings (SSSR count). The smallest absolute Gasteiger partial charge is 0.0986 e. The average Bonchev–Trinajstić information content (AvgIpc) is 2.75. The van der Waals surface area contributed by atoms with E-state index in [0.29, 0.717) is 10.8 Å². The van der Waals surface area contributed by atoms with Crippen LogP contribution in [0.15, 0.2) is 17.6 Å². The van der Waals surface area contributed by atoms with Gasteiger partial charge in [-0.2, -0.15) is 8.75 Å². The standard InChI is InChI=1S/C8H7ClN2OS2/c9-8-6(1-2-13-8)7(12)3-5-4-10-14-11-5/h1-2,4,7,12H,3H2. The van der Waals surface area contributed by atoms with Crippen LogP contribution in [0.2, 0.25) is 4.34 Å². The average molecular weight is 247 g/mol. The van der Waals surface area contributed by atoms with Gasteiger partial charge in [0.25, 0.3) is 0 Å². The van der Waals surface area contributed by atoms with Crippen molar-refractivity contribution >= 4 is 34.7 Å². The SMILES string of the molecule is OC(Cc1cnsn1)c1ccsc1Cl. The van der Waals surface area contributed by atoms with Gasteiger partial charge >= 0.3 is 0 Å². The minimum absolute atomic E-state index is 0.465. The van der Waals surface area contributed by atoms with Gasteiger partial charge in [-0.1, -0.05) is 11.6 Å². The molecule has 0 saturated carbocycles. The molecule has 0 aromatic carbocycles. The third-order valence-corrected chi connectivity index (χ3v) is 3.53. The highest BCUT2D eigenvalue weighted by molar-refractivity contribution is 7.14. The number of rotatable bonds is 3. The lowest BCUT2D eigenvalue weighted by Crippen LogP contribution is -2.00. The van der Waals surface area contributed by atoms with E-state index in [9.17, 15) is 5.11 Å². The monoisotopic (exact) mass is 246 g/mol. The van der Waals surface area contributed by atoms with Crippen LogP contribution in [0, 0.1) is 0 Å². The van der Waals surface area contributed by atoms with E-state index in [2.05, 4.69) is 8.75 Å². The molecular weight excluding hydrogens is 240 g/mol. The Bertz CT molecular complexity index is 401. The first kappa shape index (κ1) is 10.0. The molecule has 0 bridgehead atoms. The molecule has 0 aliphatic heterocycles. The molecule has 0 radical (unpaired) electrons. The molecule has 3 nitrogen and oxygen atoms in total. The highest BCUT2D eigenvalue weighted by Crippen LogP contribution is 2.29. The van der Waals surface area contributed by atoms with Crippen LogP contribution in [0.3, 0.4) is 0 Å². The minimum atomic E-state index is -0.586. The van der Waals surface area contributed by atoms with E-state index in [1.165, 1.54) is 11.3 Å². The van der Waals surface area contributed by atoms with Crippen molar-refractivity contribution in [2.75, 3.05) is 0 Å². The maximum absolute atomic E-state index is 9.82. The molecule has 14 heavy (non-hydrogen) atoms. The van der Waals surface area contributed by atoms with E-state index in [1.54, 1.807) is 6.20 Å². The zero-order valence-electron chi connectivity index (χ0n) is 7.05. The Labute approximate surface area is 94.3 Å². The van der Waals surface area contributed by atoms with Crippen LogP contribution in [0.1, 0.15) is 17.4 Å². The normalized spacial score (nSPS) is 13.0. The third kappa shape index (κ3) is 2.12. The van der Waals surface area contributed by atoms with E-state index in [0.717, 1.165) is 23.0 Å². The lowest BCUT2D eigenvalue weighted by molar-refractivity contribution is 0.178. The second-order valence-electron chi connectivity index (χ2n) is 2.77. The molecule has 0 aliphatic rings. The van der Waals surface area contributed by atoms with Crippen molar-refractivity contribution < 1.29 is 5.11 Å². The molecule has 0 fully saturated rings. The highest BCUT2D eigenvalue weighted by atomic mass is 35.5. The topological polar surface area (TPSA) is 46.0 Å². The van der Waals surface area contributed by atoms with Gasteiger partial charge in [-0.15, -0.1) is 11.3 Å². The molecule has 0 aliphatic carbocycles. The Morgan fingerprint density at radius 2 is 2.43 bits per heavy atom. The number of hydrogen-bond acceptors (Lipinski definition) is 5. The molecule has 2 aromatic rings. The van der Waals surface area contributed by atoms with Gasteiger partial charge in [0.2, 0.25) is 0 Å². The molecule has 0 spiro atoms. The van der Waals surface area contributed by atoms with Crippen molar-refractivity contribution in [3.05, 3.63) is 33.2 Å². The number of halogens is 1. The predicted octanol–water partition coefficient (Wildman–Crippen LogP) is 2.53. The quantitative estimate of drug-likeness (QED) is 0.905. The summed E-state index contributed by atoms with van der Waals surface area (Å²) in [6.45, 7) is 0. The molecule has 2 heterocycles. The van der Waals surface area contributed by atoms with E-state index in [4.69, 9.17) is 11.6 Å². The molecule has 74 valence electrons. The summed E-state index contributed by atoms with van der Waals surface area (Å²) >= 11 is 8.46. The molecule has 0 saturated heterocycles. The van der Waals surface area contributed by atoms with E-state index in [-0.39, 0.29) is 0 Å². The third-order valence-electron chi connectivity index (χ3n) is 1.81. The first-order valence-corrected chi connectivity index (χ1v) is 5.93. The predicted molar refractivity (Wildman–Crippen MR) is 57.9 cm³/mol. The lowest BCUT2D eigenvalue weighted by Gasteiger charge is -2.06. The molecule has 2 aromatic heterocycles. The van der Waals surface area contributed by atoms with E-state index >= 15 is 0 Å². The molecule has 0 amide bonds. The van der Waals surface area contributed by atoms with Crippen molar-refractivity contribution in [3.63, 3.8) is 0 Å². The number of hydrogen-bond donors (Lipinski definition) is 1. The van der Waals surface area contributed by atoms with Crippen molar-refractivity contribution in [1.82, 2.24) is 8.75 Å². The Hall–Kier alpha value is -0.490. The molecule has 1 unspecified atom stereocenters. The van der Waals surface area contributed by atoms with Gasteiger partial charge in [-0.25, -0.2) is 0 Å². The van der Waals surface area contributed by atoms with Gasteiger partial charge in [-0.3, -0.25) is 0 Å². The summed E-state index contributed by atoms with van der Waals surface area (Å²) in [4.78, 5) is 0. The highest BCUT2D eigenvalue weighted by Gasteiger charge is 2.14. The number of nitrogens with zero attached hydrogens (tertiary/aromatic N) is 2. The second-order valence-corrected chi connectivity index (χ2v) is 4.84. The number of aliphatic hydroxyl groups is 1. The second kappa shape index (κ2) is 4.35. The number of thiophene rings is 1. The lowest BCUT2D eigenvalue weighted by atomic mass is 10.1. The summed E-state index contributed by atoms with van der Waals surface area (Å²) in [7, 11) is 0. The van der Waals surface area contributed by atoms with Crippen LogP contribution in [0.25, 0.3) is 0 Å². The Morgan fingerprint density at radius 1 is 1.57 bits per heavy atom. The summed E-state index contributed by atoms with van der Waals surface area (Å²) < 4.78 is 8.53. The largest absolute Gasteiger partial charge is 0.388 e. The van der Waals surface area contributed by atoms with Gasteiger partial charge in [0.1, 0.15) is 0 Å². The molecule has 1 atom stereocenters. The Balaban J connectivity index is 2.10. The van der Waals surface area contributed by atoms with Crippen molar-refractivity contribution in [1.29, 1.82) is 0 Å².